The van der Waals surface area contributed by atoms with Crippen molar-refractivity contribution in [1.29, 1.82) is 0 Å². The van der Waals surface area contributed by atoms with Crippen molar-refractivity contribution in [3.8, 4) is 34.0 Å². The number of aromatic hydroxyl groups is 1. The van der Waals surface area contributed by atoms with E-state index in [0.717, 1.165) is 42.4 Å². The number of rotatable bonds is 5. The van der Waals surface area contributed by atoms with Crippen molar-refractivity contribution in [2.24, 2.45) is 0 Å². The van der Waals surface area contributed by atoms with E-state index in [1.165, 1.54) is 28.8 Å². The van der Waals surface area contributed by atoms with Gasteiger partial charge in [0.05, 0.1) is 0 Å². The number of hydrogen-bond donors (Lipinski definition) is 4. The Morgan fingerprint density at radius 2 is 1.71 bits per heavy atom. The molecule has 0 amide bonds. The molecule has 4 N–H and O–H groups in total. The van der Waals surface area contributed by atoms with Crippen LogP contribution in [0.1, 0.15) is 31.2 Å². The summed E-state index contributed by atoms with van der Waals surface area (Å²) in [6, 6.07) is 15.1. The van der Waals surface area contributed by atoms with Crippen molar-refractivity contribution < 1.29 is 24.0 Å². The zero-order valence-corrected chi connectivity index (χ0v) is 18.9. The first-order chi connectivity index (χ1) is 16.3. The molecular formula is C24H22N3O6P. The molecule has 0 saturated carbocycles. The van der Waals surface area contributed by atoms with Crippen molar-refractivity contribution in [2.45, 2.75) is 25.7 Å². The van der Waals surface area contributed by atoms with Gasteiger partial charge in [-0.15, -0.1) is 0 Å². The Morgan fingerprint density at radius 1 is 0.971 bits per heavy atom. The van der Waals surface area contributed by atoms with E-state index < -0.39 is 13.4 Å². The second kappa shape index (κ2) is 8.61. The van der Waals surface area contributed by atoms with Crippen LogP contribution in [0.25, 0.3) is 33.6 Å². The first-order valence-corrected chi connectivity index (χ1v) is 12.3. The van der Waals surface area contributed by atoms with Crippen LogP contribution in [0.4, 0.5) is 0 Å². The molecule has 5 rings (SSSR count). The largest absolute Gasteiger partial charge is 0.524 e. The first-order valence-electron chi connectivity index (χ1n) is 10.8. The summed E-state index contributed by atoms with van der Waals surface area (Å²) in [6.07, 6.45) is 6.10. The van der Waals surface area contributed by atoms with Crippen molar-refractivity contribution >= 4 is 19.0 Å². The fraction of sp³-hybridized carbons (Fsp3) is 0.167. The van der Waals surface area contributed by atoms with Gasteiger partial charge in [0, 0.05) is 11.1 Å². The third kappa shape index (κ3) is 4.17. The fourth-order valence-corrected chi connectivity index (χ4v) is 4.71. The highest BCUT2D eigenvalue weighted by molar-refractivity contribution is 7.46. The lowest BCUT2D eigenvalue weighted by Crippen LogP contribution is -2.17. The summed E-state index contributed by atoms with van der Waals surface area (Å²) in [5.74, 6) is -0.385. The zero-order chi connectivity index (χ0) is 23.9. The van der Waals surface area contributed by atoms with Gasteiger partial charge in [-0.3, -0.25) is 14.6 Å². The number of phosphoric acid groups is 1. The van der Waals surface area contributed by atoms with Crippen LogP contribution in [0.2, 0.25) is 0 Å². The maximum absolute atomic E-state index is 13.5. The molecule has 0 saturated heterocycles. The number of hydrogen-bond acceptors (Lipinski definition) is 5. The summed E-state index contributed by atoms with van der Waals surface area (Å²) in [5.41, 5.74) is 3.63. The van der Waals surface area contributed by atoms with E-state index in [4.69, 9.17) is 9.79 Å². The van der Waals surface area contributed by atoms with E-state index in [2.05, 4.69) is 20.7 Å². The lowest BCUT2D eigenvalue weighted by molar-refractivity contribution is 0.283. The maximum Gasteiger partial charge on any atom is 0.524 e. The van der Waals surface area contributed by atoms with Gasteiger partial charge in [0.25, 0.3) is 5.56 Å². The Labute approximate surface area is 194 Å². The number of aromatic amines is 1. The minimum absolute atomic E-state index is 0.0125. The average molecular weight is 479 g/mol. The van der Waals surface area contributed by atoms with Gasteiger partial charge in [-0.2, -0.15) is 9.61 Å². The first kappa shape index (κ1) is 22.2. The van der Waals surface area contributed by atoms with Crippen LogP contribution in [0.5, 0.6) is 11.6 Å². The van der Waals surface area contributed by atoms with Crippen molar-refractivity contribution in [3.05, 3.63) is 76.6 Å². The standard InChI is InChI=1S/C24H22N3O6P/c28-23-20(16-11-13-18(14-12-16)33-34(30,31)32)24(29)27-22(25-23)19(15-7-3-1-4-8-15)21(26-27)17-9-5-2-6-10-17/h2,5-7,9-14,25,28H,1,3-4,8H2,(H2,30,31,32). The van der Waals surface area contributed by atoms with Crippen LogP contribution < -0.4 is 10.1 Å². The SMILES string of the molecule is O=c1c(-c2ccc(OP(=O)(O)O)cc2)c(O)[nH]c2c(C3=CCCCC3)c(-c3ccccc3)nn12. The number of phosphoric ester groups is 1. The third-order valence-electron chi connectivity index (χ3n) is 5.79. The molecule has 10 heteroatoms. The monoisotopic (exact) mass is 479 g/mol. The van der Waals surface area contributed by atoms with Gasteiger partial charge < -0.3 is 14.6 Å². The van der Waals surface area contributed by atoms with E-state index in [1.807, 2.05) is 30.3 Å². The highest BCUT2D eigenvalue weighted by Gasteiger charge is 2.24. The van der Waals surface area contributed by atoms with Gasteiger partial charge in [-0.1, -0.05) is 48.5 Å². The van der Waals surface area contributed by atoms with Gasteiger partial charge in [0.1, 0.15) is 22.7 Å². The van der Waals surface area contributed by atoms with Crippen LogP contribution in [0.15, 0.2) is 65.5 Å². The molecule has 2 heterocycles. The molecule has 4 aromatic rings. The highest BCUT2D eigenvalue weighted by atomic mass is 31.2. The van der Waals surface area contributed by atoms with Gasteiger partial charge in [-0.25, -0.2) is 4.57 Å². The number of aromatic nitrogens is 3. The molecular weight excluding hydrogens is 457 g/mol. The van der Waals surface area contributed by atoms with Crippen molar-refractivity contribution in [2.75, 3.05) is 0 Å². The quantitative estimate of drug-likeness (QED) is 0.310. The van der Waals surface area contributed by atoms with E-state index in [0.29, 0.717) is 16.9 Å². The van der Waals surface area contributed by atoms with E-state index in [-0.39, 0.29) is 17.2 Å². The molecule has 0 fully saturated rings. The van der Waals surface area contributed by atoms with Crippen molar-refractivity contribution in [3.63, 3.8) is 0 Å². The molecule has 0 atom stereocenters. The van der Waals surface area contributed by atoms with Crippen LogP contribution in [-0.4, -0.2) is 29.5 Å². The second-order valence-corrected chi connectivity index (χ2v) is 9.25. The summed E-state index contributed by atoms with van der Waals surface area (Å²) < 4.78 is 16.9. The Kier molecular flexibility index (Phi) is 5.61. The summed E-state index contributed by atoms with van der Waals surface area (Å²) in [6.45, 7) is 0. The number of fused-ring (bicyclic) bond motifs is 1. The molecule has 0 radical (unpaired) electrons. The Morgan fingerprint density at radius 3 is 2.35 bits per heavy atom. The maximum atomic E-state index is 13.5. The molecule has 2 aromatic carbocycles. The molecule has 0 bridgehead atoms. The summed E-state index contributed by atoms with van der Waals surface area (Å²) in [4.78, 5) is 34.4. The van der Waals surface area contributed by atoms with Crippen LogP contribution in [0, 0.1) is 0 Å². The summed E-state index contributed by atoms with van der Waals surface area (Å²) >= 11 is 0. The number of benzene rings is 2. The number of H-pyrrole nitrogens is 1. The molecule has 1 aliphatic carbocycles. The lowest BCUT2D eigenvalue weighted by atomic mass is 9.92. The smallest absolute Gasteiger partial charge is 0.494 e. The van der Waals surface area contributed by atoms with Gasteiger partial charge in [-0.05, 0) is 49.0 Å². The Bertz CT molecular complexity index is 1500. The minimum Gasteiger partial charge on any atom is -0.494 e. The summed E-state index contributed by atoms with van der Waals surface area (Å²) in [5, 5.41) is 15.5. The third-order valence-corrected chi connectivity index (χ3v) is 6.24. The van der Waals surface area contributed by atoms with Crippen molar-refractivity contribution in [1.82, 2.24) is 14.6 Å². The molecule has 0 aliphatic heterocycles. The molecule has 174 valence electrons. The Balaban J connectivity index is 1.70. The predicted octanol–water partition coefficient (Wildman–Crippen LogP) is 4.49. The van der Waals surface area contributed by atoms with E-state index in [9.17, 15) is 14.5 Å². The van der Waals surface area contributed by atoms with E-state index in [1.54, 1.807) is 0 Å². The highest BCUT2D eigenvalue weighted by Crippen LogP contribution is 2.39. The molecule has 0 spiro atoms. The number of allylic oxidation sites excluding steroid dienone is 2. The van der Waals surface area contributed by atoms with Crippen LogP contribution >= 0.6 is 7.82 Å². The minimum atomic E-state index is -4.71. The number of nitrogens with zero attached hydrogens (tertiary/aromatic N) is 2. The molecule has 2 aromatic heterocycles. The normalized spacial score (nSPS) is 14.2. The Hall–Kier alpha value is -3.65. The number of nitrogens with one attached hydrogen (secondary N) is 1. The average Bonchev–Trinajstić information content (AvgIpc) is 3.20. The van der Waals surface area contributed by atoms with E-state index >= 15 is 0 Å². The van der Waals surface area contributed by atoms with Gasteiger partial charge in [0.2, 0.25) is 5.88 Å². The lowest BCUT2D eigenvalue weighted by Gasteiger charge is -2.14. The topological polar surface area (TPSA) is 137 Å². The molecule has 34 heavy (non-hydrogen) atoms. The zero-order valence-electron chi connectivity index (χ0n) is 18.0. The molecule has 0 unspecified atom stereocenters. The van der Waals surface area contributed by atoms with Crippen LogP contribution in [0.3, 0.4) is 0 Å². The molecule has 1 aliphatic rings. The second-order valence-electron chi connectivity index (χ2n) is 8.09. The van der Waals surface area contributed by atoms with Gasteiger partial charge >= 0.3 is 7.82 Å². The summed E-state index contributed by atoms with van der Waals surface area (Å²) in [7, 11) is -4.71. The fourth-order valence-electron chi connectivity index (χ4n) is 4.31. The van der Waals surface area contributed by atoms with Crippen LogP contribution in [-0.2, 0) is 4.57 Å². The molecule has 9 nitrogen and oxygen atoms in total. The van der Waals surface area contributed by atoms with Gasteiger partial charge in [0.15, 0.2) is 0 Å². The predicted molar refractivity (Wildman–Crippen MR) is 127 cm³/mol.